The van der Waals surface area contributed by atoms with Crippen LogP contribution in [0.3, 0.4) is 0 Å². The van der Waals surface area contributed by atoms with Crippen molar-refractivity contribution >= 4 is 17.6 Å². The number of imide groups is 1. The molecule has 7 nitrogen and oxygen atoms in total. The highest BCUT2D eigenvalue weighted by Gasteiger charge is 2.04. The molecule has 0 aliphatic heterocycles. The molecule has 7 heteroatoms. The van der Waals surface area contributed by atoms with Gasteiger partial charge < -0.3 is 16.0 Å². The maximum absolute atomic E-state index is 11.1. The Morgan fingerprint density at radius 3 is 2.67 bits per heavy atom. The lowest BCUT2D eigenvalue weighted by atomic mass is 10.4. The molecule has 0 bridgehead atoms. The Balaban J connectivity index is 2.73. The van der Waals surface area contributed by atoms with Crippen LogP contribution in [-0.2, 0) is 11.3 Å². The van der Waals surface area contributed by atoms with Crippen molar-refractivity contribution < 1.29 is 9.59 Å². The van der Waals surface area contributed by atoms with Crippen LogP contribution in [0.15, 0.2) is 23.3 Å². The third-order valence-electron chi connectivity index (χ3n) is 1.60. The number of nitrogens with zero attached hydrogens (tertiary/aromatic N) is 1. The molecule has 0 aromatic carbocycles. The number of carbonyl (C=O) groups excluding carboxylic acids is 2. The van der Waals surface area contributed by atoms with Gasteiger partial charge in [0.15, 0.2) is 0 Å². The summed E-state index contributed by atoms with van der Waals surface area (Å²) in [6.07, 6.45) is 2.70. The second-order valence-electron chi connectivity index (χ2n) is 2.85. The Kier molecular flexibility index (Phi) is 3.06. The van der Waals surface area contributed by atoms with Crippen molar-refractivity contribution in [3.05, 3.63) is 28.7 Å². The lowest BCUT2D eigenvalue weighted by Gasteiger charge is -2.05. The first-order chi connectivity index (χ1) is 6.99. The minimum Gasteiger partial charge on any atom is -0.394 e. The first-order valence-corrected chi connectivity index (χ1v) is 4.04. The lowest BCUT2D eigenvalue weighted by molar-refractivity contribution is -0.120. The van der Waals surface area contributed by atoms with Gasteiger partial charge >= 0.3 is 6.03 Å². The fourth-order valence-corrected chi connectivity index (χ4v) is 0.986. The maximum atomic E-state index is 11.1. The first-order valence-electron chi connectivity index (χ1n) is 4.04. The third-order valence-corrected chi connectivity index (χ3v) is 1.60. The fourth-order valence-electron chi connectivity index (χ4n) is 0.986. The van der Waals surface area contributed by atoms with E-state index in [0.717, 1.165) is 0 Å². The quantitative estimate of drug-likeness (QED) is 0.557. The van der Waals surface area contributed by atoms with E-state index in [1.54, 1.807) is 0 Å². The van der Waals surface area contributed by atoms with E-state index in [0.29, 0.717) is 0 Å². The number of hydrogen-bond acceptors (Lipinski definition) is 4. The van der Waals surface area contributed by atoms with Crippen LogP contribution in [-0.4, -0.2) is 16.5 Å². The molecule has 0 fully saturated rings. The van der Waals surface area contributed by atoms with E-state index in [-0.39, 0.29) is 17.7 Å². The molecule has 0 aliphatic carbocycles. The fraction of sp³-hybridized carbons (Fsp3) is 0.125. The van der Waals surface area contributed by atoms with E-state index < -0.39 is 11.9 Å². The van der Waals surface area contributed by atoms with Crippen molar-refractivity contribution in [3.8, 4) is 0 Å². The molecular weight excluding hydrogens is 200 g/mol. The van der Waals surface area contributed by atoms with Crippen molar-refractivity contribution in [1.82, 2.24) is 9.88 Å². The van der Waals surface area contributed by atoms with Gasteiger partial charge in [0, 0.05) is 18.5 Å². The highest BCUT2D eigenvalue weighted by Crippen LogP contribution is 1.92. The van der Waals surface area contributed by atoms with Gasteiger partial charge in [0.25, 0.3) is 0 Å². The maximum Gasteiger partial charge on any atom is 0.318 e. The summed E-state index contributed by atoms with van der Waals surface area (Å²) in [5, 5.41) is 1.89. The molecule has 1 aromatic heterocycles. The van der Waals surface area contributed by atoms with Crippen molar-refractivity contribution in [2.45, 2.75) is 6.54 Å². The van der Waals surface area contributed by atoms with E-state index in [9.17, 15) is 14.4 Å². The number of rotatable bonds is 2. The summed E-state index contributed by atoms with van der Waals surface area (Å²) in [4.78, 5) is 32.3. The summed E-state index contributed by atoms with van der Waals surface area (Å²) < 4.78 is 1.37. The van der Waals surface area contributed by atoms with Crippen LogP contribution in [0.1, 0.15) is 0 Å². The highest BCUT2D eigenvalue weighted by molar-refractivity contribution is 5.93. The van der Waals surface area contributed by atoms with Gasteiger partial charge in [-0.15, -0.1) is 0 Å². The summed E-state index contributed by atoms with van der Waals surface area (Å²) in [6.45, 7) is -0.132. The van der Waals surface area contributed by atoms with Crippen molar-refractivity contribution in [1.29, 1.82) is 0 Å². The standard InChI is InChI=1S/C8H10N4O3/c9-5-3-12(2-1-6(5)13)4-7(14)11-8(10)15/h1-3H,4,9H2,(H3,10,11,14,15). The van der Waals surface area contributed by atoms with Crippen LogP contribution < -0.4 is 22.2 Å². The molecule has 3 amide bonds. The van der Waals surface area contributed by atoms with Gasteiger partial charge in [-0.2, -0.15) is 0 Å². The monoisotopic (exact) mass is 210 g/mol. The number of nitrogens with one attached hydrogen (secondary N) is 1. The van der Waals surface area contributed by atoms with Gasteiger partial charge in [0.2, 0.25) is 11.3 Å². The number of hydrogen-bond donors (Lipinski definition) is 3. The number of nitrogen functional groups attached to an aromatic ring is 1. The van der Waals surface area contributed by atoms with Gasteiger partial charge in [0.05, 0.1) is 5.69 Å². The van der Waals surface area contributed by atoms with Gasteiger partial charge in [-0.25, -0.2) is 4.79 Å². The number of aromatic nitrogens is 1. The zero-order valence-electron chi connectivity index (χ0n) is 7.77. The normalized spacial score (nSPS) is 9.60. The van der Waals surface area contributed by atoms with Crippen LogP contribution >= 0.6 is 0 Å². The van der Waals surface area contributed by atoms with Crippen LogP contribution in [0.2, 0.25) is 0 Å². The van der Waals surface area contributed by atoms with Crippen LogP contribution in [0.25, 0.3) is 0 Å². The minimum absolute atomic E-state index is 0.0318. The van der Waals surface area contributed by atoms with Crippen LogP contribution in [0.5, 0.6) is 0 Å². The molecule has 0 saturated carbocycles. The average Bonchev–Trinajstić information content (AvgIpc) is 2.10. The Morgan fingerprint density at radius 2 is 2.13 bits per heavy atom. The summed E-state index contributed by atoms with van der Waals surface area (Å²) in [5.41, 5.74) is 9.80. The summed E-state index contributed by atoms with van der Waals surface area (Å²) in [7, 11) is 0. The van der Waals surface area contributed by atoms with Gasteiger partial charge in [-0.1, -0.05) is 0 Å². The third kappa shape index (κ3) is 3.14. The van der Waals surface area contributed by atoms with Crippen molar-refractivity contribution in [3.63, 3.8) is 0 Å². The number of amides is 3. The summed E-state index contributed by atoms with van der Waals surface area (Å²) in [6, 6.07) is 0.307. The number of anilines is 1. The molecule has 1 aromatic rings. The first kappa shape index (κ1) is 10.8. The molecule has 0 unspecified atom stereocenters. The predicted molar refractivity (Wildman–Crippen MR) is 52.8 cm³/mol. The second kappa shape index (κ2) is 4.27. The Bertz CT molecular complexity index is 451. The molecule has 15 heavy (non-hydrogen) atoms. The molecule has 0 aliphatic rings. The number of carbonyl (C=O) groups is 2. The Hall–Kier alpha value is -2.31. The molecular formula is C8H10N4O3. The van der Waals surface area contributed by atoms with E-state index in [1.807, 2.05) is 5.32 Å². The number of primary amides is 1. The topological polar surface area (TPSA) is 120 Å². The SMILES string of the molecule is NC(=O)NC(=O)Cn1ccc(=O)c(N)c1. The molecule has 0 atom stereocenters. The van der Waals surface area contributed by atoms with Crippen LogP contribution in [0.4, 0.5) is 10.5 Å². The highest BCUT2D eigenvalue weighted by atomic mass is 16.2. The Labute approximate surface area is 84.7 Å². The molecule has 5 N–H and O–H groups in total. The number of urea groups is 1. The van der Waals surface area contributed by atoms with Gasteiger partial charge in [0.1, 0.15) is 6.54 Å². The summed E-state index contributed by atoms with van der Waals surface area (Å²) >= 11 is 0. The van der Waals surface area contributed by atoms with E-state index in [4.69, 9.17) is 11.5 Å². The lowest BCUT2D eigenvalue weighted by Crippen LogP contribution is -2.37. The predicted octanol–water partition coefficient (Wildman–Crippen LogP) is -1.37. The van der Waals surface area contributed by atoms with Gasteiger partial charge in [-0.05, 0) is 0 Å². The van der Waals surface area contributed by atoms with E-state index >= 15 is 0 Å². The zero-order chi connectivity index (χ0) is 11.4. The van der Waals surface area contributed by atoms with E-state index in [2.05, 4.69) is 0 Å². The molecule has 1 heterocycles. The molecule has 80 valence electrons. The van der Waals surface area contributed by atoms with Crippen molar-refractivity contribution in [2.75, 3.05) is 5.73 Å². The molecule has 0 radical (unpaired) electrons. The van der Waals surface area contributed by atoms with Gasteiger partial charge in [-0.3, -0.25) is 14.9 Å². The molecule has 0 spiro atoms. The van der Waals surface area contributed by atoms with E-state index in [1.165, 1.54) is 23.0 Å². The molecule has 1 rings (SSSR count). The number of pyridine rings is 1. The summed E-state index contributed by atoms with van der Waals surface area (Å²) in [5.74, 6) is -0.578. The average molecular weight is 210 g/mol. The largest absolute Gasteiger partial charge is 0.394 e. The second-order valence-corrected chi connectivity index (χ2v) is 2.85. The number of nitrogens with two attached hydrogens (primary N) is 2. The minimum atomic E-state index is -0.922. The smallest absolute Gasteiger partial charge is 0.318 e. The zero-order valence-corrected chi connectivity index (χ0v) is 7.77. The van der Waals surface area contributed by atoms with Crippen LogP contribution in [0, 0.1) is 0 Å². The Morgan fingerprint density at radius 1 is 1.47 bits per heavy atom. The molecule has 0 saturated heterocycles. The van der Waals surface area contributed by atoms with Crippen molar-refractivity contribution in [2.24, 2.45) is 5.73 Å².